The summed E-state index contributed by atoms with van der Waals surface area (Å²) in [5.41, 5.74) is 3.85. The zero-order valence-corrected chi connectivity index (χ0v) is 16.8. The van der Waals surface area contributed by atoms with Gasteiger partial charge in [-0.05, 0) is 61.1 Å². The van der Waals surface area contributed by atoms with Gasteiger partial charge >= 0.3 is 0 Å². The lowest BCUT2D eigenvalue weighted by Gasteiger charge is -2.14. The third kappa shape index (κ3) is 2.90. The van der Waals surface area contributed by atoms with Crippen molar-refractivity contribution in [2.24, 2.45) is 0 Å². The molecule has 0 nitrogen and oxygen atoms in total. The minimum atomic E-state index is -0.196. The lowest BCUT2D eigenvalue weighted by atomic mass is 9.90. The molecule has 0 N–H and O–H groups in total. The average molecular weight is 398 g/mol. The molecule has 0 saturated heterocycles. The second-order valence-electron chi connectivity index (χ2n) is 7.91. The highest BCUT2D eigenvalue weighted by Gasteiger charge is 2.14. The van der Waals surface area contributed by atoms with E-state index in [4.69, 9.17) is 0 Å². The number of hydrogen-bond donors (Lipinski definition) is 0. The molecule has 0 aliphatic heterocycles. The number of rotatable bonds is 2. The van der Waals surface area contributed by atoms with E-state index in [-0.39, 0.29) is 5.82 Å². The van der Waals surface area contributed by atoms with E-state index in [1.54, 1.807) is 6.07 Å². The van der Waals surface area contributed by atoms with Crippen molar-refractivity contribution in [3.8, 4) is 22.3 Å². The van der Waals surface area contributed by atoms with Crippen LogP contribution >= 0.6 is 0 Å². The fourth-order valence-corrected chi connectivity index (χ4v) is 4.66. The first-order chi connectivity index (χ1) is 15.3. The maximum atomic E-state index is 15.2. The lowest BCUT2D eigenvalue weighted by molar-refractivity contribution is 0.633. The molecule has 0 saturated carbocycles. The first kappa shape index (κ1) is 17.9. The molecular formula is C30H19F. The third-order valence-corrected chi connectivity index (χ3v) is 6.13. The molecule has 31 heavy (non-hydrogen) atoms. The Hall–Kier alpha value is -3.97. The van der Waals surface area contributed by atoms with Crippen LogP contribution in [0.2, 0.25) is 0 Å². The van der Waals surface area contributed by atoms with Crippen molar-refractivity contribution in [1.82, 2.24) is 0 Å². The van der Waals surface area contributed by atoms with Crippen molar-refractivity contribution in [1.29, 1.82) is 0 Å². The van der Waals surface area contributed by atoms with Crippen LogP contribution in [0, 0.1) is 5.82 Å². The van der Waals surface area contributed by atoms with Gasteiger partial charge < -0.3 is 0 Å². The van der Waals surface area contributed by atoms with Crippen LogP contribution in [0.25, 0.3) is 54.6 Å². The molecule has 0 amide bonds. The molecule has 0 unspecified atom stereocenters. The highest BCUT2D eigenvalue weighted by molar-refractivity contribution is 6.09. The molecule has 0 aliphatic rings. The van der Waals surface area contributed by atoms with Crippen molar-refractivity contribution < 1.29 is 4.39 Å². The highest BCUT2D eigenvalue weighted by atomic mass is 19.1. The van der Waals surface area contributed by atoms with E-state index >= 15 is 4.39 Å². The first-order valence-corrected chi connectivity index (χ1v) is 10.5. The summed E-state index contributed by atoms with van der Waals surface area (Å²) in [5, 5.41) is 6.66. The van der Waals surface area contributed by atoms with Crippen LogP contribution in [0.4, 0.5) is 4.39 Å². The molecule has 146 valence electrons. The highest BCUT2D eigenvalue weighted by Crippen LogP contribution is 2.39. The quantitative estimate of drug-likeness (QED) is 0.274. The Bertz CT molecular complexity index is 1590. The number of benzene rings is 6. The fraction of sp³-hybridized carbons (Fsp3) is 0. The average Bonchev–Trinajstić information content (AvgIpc) is 2.83. The van der Waals surface area contributed by atoms with Gasteiger partial charge in [0, 0.05) is 5.56 Å². The SMILES string of the molecule is Fc1ccc2c(-c3cccc4ccccc34)cccc2c1-c1ccc2ccccc2c1. The van der Waals surface area contributed by atoms with Gasteiger partial charge in [0.05, 0.1) is 0 Å². The molecule has 0 heterocycles. The summed E-state index contributed by atoms with van der Waals surface area (Å²) in [5.74, 6) is -0.196. The summed E-state index contributed by atoms with van der Waals surface area (Å²) in [7, 11) is 0. The zero-order chi connectivity index (χ0) is 20.8. The number of hydrogen-bond acceptors (Lipinski definition) is 0. The van der Waals surface area contributed by atoms with Crippen LogP contribution in [0.1, 0.15) is 0 Å². The van der Waals surface area contributed by atoms with Gasteiger partial charge in [-0.3, -0.25) is 0 Å². The summed E-state index contributed by atoms with van der Waals surface area (Å²) in [4.78, 5) is 0. The summed E-state index contributed by atoms with van der Waals surface area (Å²) in [6.45, 7) is 0. The molecule has 6 aromatic carbocycles. The van der Waals surface area contributed by atoms with Gasteiger partial charge in [0.25, 0.3) is 0 Å². The Balaban J connectivity index is 1.65. The van der Waals surface area contributed by atoms with E-state index < -0.39 is 0 Å². The standard InChI is InChI=1S/C30H19F/c31-29-18-17-27-26(25-12-5-10-21-8-3-4-11-24(21)25)13-6-14-28(27)30(29)23-16-15-20-7-1-2-9-22(20)19-23/h1-19H. The maximum Gasteiger partial charge on any atom is 0.131 e. The molecule has 0 bridgehead atoms. The molecule has 6 aromatic rings. The first-order valence-electron chi connectivity index (χ1n) is 10.5. The molecule has 0 aromatic heterocycles. The Morgan fingerprint density at radius 1 is 0.419 bits per heavy atom. The normalized spacial score (nSPS) is 11.4. The van der Waals surface area contributed by atoms with Crippen molar-refractivity contribution in [3.05, 3.63) is 121 Å². The topological polar surface area (TPSA) is 0 Å². The van der Waals surface area contributed by atoms with Gasteiger partial charge in [0.15, 0.2) is 0 Å². The predicted octanol–water partition coefficient (Wildman–Crippen LogP) is 8.62. The fourth-order valence-electron chi connectivity index (χ4n) is 4.66. The van der Waals surface area contributed by atoms with Gasteiger partial charge in [-0.2, -0.15) is 0 Å². The second-order valence-corrected chi connectivity index (χ2v) is 7.91. The molecule has 0 radical (unpaired) electrons. The molecule has 0 atom stereocenters. The molecule has 0 fully saturated rings. The van der Waals surface area contributed by atoms with Crippen LogP contribution in [0.5, 0.6) is 0 Å². The van der Waals surface area contributed by atoms with Gasteiger partial charge in [0.2, 0.25) is 0 Å². The largest absolute Gasteiger partial charge is 0.206 e. The van der Waals surface area contributed by atoms with Crippen molar-refractivity contribution in [2.75, 3.05) is 0 Å². The van der Waals surface area contributed by atoms with Gasteiger partial charge in [-0.15, -0.1) is 0 Å². The molecular weight excluding hydrogens is 379 g/mol. The minimum absolute atomic E-state index is 0.196. The van der Waals surface area contributed by atoms with Gasteiger partial charge in [0.1, 0.15) is 5.82 Å². The van der Waals surface area contributed by atoms with Crippen LogP contribution in [-0.4, -0.2) is 0 Å². The van der Waals surface area contributed by atoms with E-state index in [1.807, 2.05) is 36.4 Å². The van der Waals surface area contributed by atoms with E-state index in [1.165, 1.54) is 16.3 Å². The van der Waals surface area contributed by atoms with Crippen molar-refractivity contribution in [3.63, 3.8) is 0 Å². The van der Waals surface area contributed by atoms with Crippen molar-refractivity contribution in [2.45, 2.75) is 0 Å². The third-order valence-electron chi connectivity index (χ3n) is 6.13. The van der Waals surface area contributed by atoms with E-state index in [2.05, 4.69) is 72.8 Å². The van der Waals surface area contributed by atoms with Gasteiger partial charge in [-0.1, -0.05) is 103 Å². The summed E-state index contributed by atoms with van der Waals surface area (Å²) < 4.78 is 15.2. The second kappa shape index (κ2) is 7.07. The molecule has 0 aliphatic carbocycles. The zero-order valence-electron chi connectivity index (χ0n) is 16.8. The van der Waals surface area contributed by atoms with E-state index in [0.29, 0.717) is 5.56 Å². The summed E-state index contributed by atoms with van der Waals surface area (Å²) in [6.07, 6.45) is 0. The summed E-state index contributed by atoms with van der Waals surface area (Å²) >= 11 is 0. The number of fused-ring (bicyclic) bond motifs is 3. The van der Waals surface area contributed by atoms with Crippen molar-refractivity contribution >= 4 is 32.3 Å². The number of halogens is 1. The maximum absolute atomic E-state index is 15.2. The Morgan fingerprint density at radius 2 is 1.06 bits per heavy atom. The Morgan fingerprint density at radius 3 is 1.94 bits per heavy atom. The van der Waals surface area contributed by atoms with E-state index in [9.17, 15) is 0 Å². The van der Waals surface area contributed by atoms with Crippen LogP contribution < -0.4 is 0 Å². The summed E-state index contributed by atoms with van der Waals surface area (Å²) in [6, 6.07) is 38.8. The van der Waals surface area contributed by atoms with Crippen LogP contribution in [0.15, 0.2) is 115 Å². The Labute approximate surface area is 180 Å². The smallest absolute Gasteiger partial charge is 0.131 e. The minimum Gasteiger partial charge on any atom is -0.206 e. The predicted molar refractivity (Wildman–Crippen MR) is 130 cm³/mol. The van der Waals surface area contributed by atoms with Crippen LogP contribution in [-0.2, 0) is 0 Å². The van der Waals surface area contributed by atoms with Gasteiger partial charge in [-0.25, -0.2) is 4.39 Å². The molecule has 0 spiro atoms. The van der Waals surface area contributed by atoms with Crippen LogP contribution in [0.3, 0.4) is 0 Å². The lowest BCUT2D eigenvalue weighted by Crippen LogP contribution is -1.90. The van der Waals surface area contributed by atoms with E-state index in [0.717, 1.165) is 32.7 Å². The monoisotopic (exact) mass is 398 g/mol. The molecule has 6 rings (SSSR count). The molecule has 1 heteroatoms. The Kier molecular flexibility index (Phi) is 4.07.